The number of ketones is 1. The van der Waals surface area contributed by atoms with Gasteiger partial charge in [-0.2, -0.15) is 0 Å². The average molecular weight is 291 g/mol. The van der Waals surface area contributed by atoms with Gasteiger partial charge in [0, 0.05) is 17.3 Å². The molecule has 2 N–H and O–H groups in total. The highest BCUT2D eigenvalue weighted by molar-refractivity contribution is 7.92. The minimum Gasteiger partial charge on any atom is -0.399 e. The molecule has 104 valence electrons. The van der Waals surface area contributed by atoms with Crippen LogP contribution in [0.3, 0.4) is 0 Å². The second kappa shape index (κ2) is 5.42. The first-order chi connectivity index (χ1) is 9.38. The summed E-state index contributed by atoms with van der Waals surface area (Å²) in [6, 6.07) is 9.30. The summed E-state index contributed by atoms with van der Waals surface area (Å²) in [7, 11) is -1.92. The van der Waals surface area contributed by atoms with Crippen LogP contribution in [0.4, 0.5) is 5.69 Å². The van der Waals surface area contributed by atoms with Crippen LogP contribution in [0.15, 0.2) is 53.7 Å². The van der Waals surface area contributed by atoms with Crippen LogP contribution in [0, 0.1) is 0 Å². The third kappa shape index (κ3) is 3.21. The first kappa shape index (κ1) is 14.2. The molecule has 20 heavy (non-hydrogen) atoms. The van der Waals surface area contributed by atoms with E-state index in [2.05, 4.69) is 0 Å². The number of pyridine rings is 1. The second-order valence-corrected chi connectivity index (χ2v) is 6.50. The van der Waals surface area contributed by atoms with Crippen LogP contribution in [0.5, 0.6) is 0 Å². The minimum atomic E-state index is -3.64. The van der Waals surface area contributed by atoms with E-state index in [1.807, 2.05) is 0 Å². The van der Waals surface area contributed by atoms with E-state index < -0.39 is 21.4 Å². The molecule has 6 heteroatoms. The highest BCUT2D eigenvalue weighted by Crippen LogP contribution is 2.12. The van der Waals surface area contributed by atoms with Crippen LogP contribution in [0.2, 0.25) is 0 Å². The molecular formula is C14H15N2O3S+. The van der Waals surface area contributed by atoms with Crippen molar-refractivity contribution in [2.45, 2.75) is 4.90 Å². The molecule has 2 aromatic rings. The van der Waals surface area contributed by atoms with Crippen LogP contribution in [0.25, 0.3) is 0 Å². The predicted molar refractivity (Wildman–Crippen MR) is 74.9 cm³/mol. The van der Waals surface area contributed by atoms with Crippen molar-refractivity contribution in [3.63, 3.8) is 0 Å². The summed E-state index contributed by atoms with van der Waals surface area (Å²) < 4.78 is 26.0. The number of nitrogen functional groups attached to an aromatic ring is 1. The Kier molecular flexibility index (Phi) is 3.85. The summed E-state index contributed by atoms with van der Waals surface area (Å²) in [6.07, 6.45) is 3.20. The third-order valence-electron chi connectivity index (χ3n) is 2.83. The number of hydrogen-bond donors (Lipinski definition) is 1. The van der Waals surface area contributed by atoms with Gasteiger partial charge in [0.25, 0.3) is 0 Å². The highest BCUT2D eigenvalue weighted by Gasteiger charge is 2.22. The van der Waals surface area contributed by atoms with Gasteiger partial charge in [0.1, 0.15) is 17.7 Å². The molecule has 1 aromatic carbocycles. The number of benzene rings is 1. The summed E-state index contributed by atoms with van der Waals surface area (Å²) in [5.74, 6) is -1.00. The van der Waals surface area contributed by atoms with E-state index in [9.17, 15) is 13.2 Å². The van der Waals surface area contributed by atoms with Crippen molar-refractivity contribution >= 4 is 21.3 Å². The van der Waals surface area contributed by atoms with Crippen LogP contribution in [0.1, 0.15) is 10.4 Å². The van der Waals surface area contributed by atoms with Crippen LogP contribution < -0.4 is 10.3 Å². The fourth-order valence-corrected chi connectivity index (χ4v) is 3.04. The molecule has 0 fully saturated rings. The van der Waals surface area contributed by atoms with Gasteiger partial charge in [-0.15, -0.1) is 0 Å². The molecule has 0 saturated heterocycles. The van der Waals surface area contributed by atoms with Crippen LogP contribution in [-0.2, 0) is 16.9 Å². The van der Waals surface area contributed by atoms with E-state index in [1.54, 1.807) is 36.0 Å². The van der Waals surface area contributed by atoms with Crippen molar-refractivity contribution in [3.05, 3.63) is 54.4 Å². The highest BCUT2D eigenvalue weighted by atomic mass is 32.2. The molecule has 1 heterocycles. The molecule has 0 bridgehead atoms. The quantitative estimate of drug-likeness (QED) is 0.512. The average Bonchev–Trinajstić information content (AvgIpc) is 2.39. The van der Waals surface area contributed by atoms with Gasteiger partial charge < -0.3 is 5.73 Å². The van der Waals surface area contributed by atoms with Gasteiger partial charge in [-0.3, -0.25) is 4.79 Å². The Hall–Kier alpha value is -2.21. The monoisotopic (exact) mass is 291 g/mol. The zero-order valence-electron chi connectivity index (χ0n) is 11.0. The number of Topliss-reactive ketones (excluding diaryl/α,β-unsaturated/α-hetero) is 1. The van der Waals surface area contributed by atoms with Crippen molar-refractivity contribution in [2.24, 2.45) is 7.05 Å². The Morgan fingerprint density at radius 3 is 2.45 bits per heavy atom. The van der Waals surface area contributed by atoms with Crippen molar-refractivity contribution in [1.82, 2.24) is 0 Å². The van der Waals surface area contributed by atoms with Crippen LogP contribution in [-0.4, -0.2) is 20.0 Å². The summed E-state index contributed by atoms with van der Waals surface area (Å²) in [5, 5.41) is 0. The fourth-order valence-electron chi connectivity index (χ4n) is 1.75. The number of hydrogen-bond acceptors (Lipinski definition) is 4. The van der Waals surface area contributed by atoms with Gasteiger partial charge in [0.2, 0.25) is 0 Å². The van der Waals surface area contributed by atoms with E-state index >= 15 is 0 Å². The lowest BCUT2D eigenvalue weighted by atomic mass is 10.1. The minimum absolute atomic E-state index is 0.131. The van der Waals surface area contributed by atoms with Gasteiger partial charge in [-0.05, 0) is 30.3 Å². The van der Waals surface area contributed by atoms with Gasteiger partial charge in [-0.25, -0.2) is 13.0 Å². The molecule has 5 nitrogen and oxygen atoms in total. The zero-order chi connectivity index (χ0) is 14.8. The van der Waals surface area contributed by atoms with Gasteiger partial charge in [0.15, 0.2) is 28.0 Å². The number of carbonyl (C=O) groups is 1. The molecule has 2 rings (SSSR count). The van der Waals surface area contributed by atoms with Gasteiger partial charge in [-0.1, -0.05) is 0 Å². The predicted octanol–water partition coefficient (Wildman–Crippen LogP) is 0.750. The van der Waals surface area contributed by atoms with Crippen LogP contribution >= 0.6 is 0 Å². The molecule has 0 saturated carbocycles. The molecule has 0 spiro atoms. The number of rotatable bonds is 4. The van der Waals surface area contributed by atoms with Crippen molar-refractivity contribution in [3.8, 4) is 0 Å². The summed E-state index contributed by atoms with van der Waals surface area (Å²) in [6.45, 7) is 0. The lowest BCUT2D eigenvalue weighted by Crippen LogP contribution is -2.28. The normalized spacial score (nSPS) is 11.2. The summed E-state index contributed by atoms with van der Waals surface area (Å²) >= 11 is 0. The Morgan fingerprint density at radius 1 is 1.20 bits per heavy atom. The summed E-state index contributed by atoms with van der Waals surface area (Å²) in [4.78, 5) is 12.1. The molecule has 0 aliphatic heterocycles. The molecule has 0 atom stereocenters. The standard InChI is InChI=1S/C14H14N2O3S/c1-16-8-2-3-13(9-16)20(18,19)10-14(17)11-4-6-12(15)7-5-11/h2-9H,10H2,1H3,(H-,15,17)/p+1. The number of nitrogens with two attached hydrogens (primary N) is 1. The SMILES string of the molecule is C[n+]1cccc(S(=O)(=O)CC(=O)c2ccc(N)cc2)c1. The van der Waals surface area contributed by atoms with E-state index in [0.717, 1.165) is 0 Å². The maximum atomic E-state index is 12.2. The Morgan fingerprint density at radius 2 is 1.85 bits per heavy atom. The number of carbonyl (C=O) groups excluding carboxylic acids is 1. The van der Waals surface area contributed by atoms with Crippen molar-refractivity contribution in [1.29, 1.82) is 0 Å². The Labute approximate surface area is 117 Å². The maximum absolute atomic E-state index is 12.2. The number of sulfone groups is 1. The Bertz CT molecular complexity index is 737. The summed E-state index contributed by atoms with van der Waals surface area (Å²) in [5.41, 5.74) is 6.39. The lowest BCUT2D eigenvalue weighted by molar-refractivity contribution is -0.673. The number of aromatic nitrogens is 1. The number of aryl methyl sites for hydroxylation is 1. The van der Waals surface area contributed by atoms with Gasteiger partial charge in [0.05, 0.1) is 0 Å². The molecule has 0 amide bonds. The van der Waals surface area contributed by atoms with Crippen molar-refractivity contribution in [2.75, 3.05) is 11.5 Å². The lowest BCUT2D eigenvalue weighted by Gasteiger charge is -2.03. The zero-order valence-corrected chi connectivity index (χ0v) is 11.8. The van der Waals surface area contributed by atoms with E-state index in [1.165, 1.54) is 24.4 Å². The molecule has 1 aromatic heterocycles. The third-order valence-corrected chi connectivity index (χ3v) is 4.43. The van der Waals surface area contributed by atoms with E-state index in [4.69, 9.17) is 5.73 Å². The maximum Gasteiger partial charge on any atom is 0.191 e. The van der Waals surface area contributed by atoms with Crippen molar-refractivity contribution < 1.29 is 17.8 Å². The molecule has 0 radical (unpaired) electrons. The smallest absolute Gasteiger partial charge is 0.191 e. The molecule has 0 aliphatic rings. The fraction of sp³-hybridized carbons (Fsp3) is 0.143. The molecule has 0 unspecified atom stereocenters. The molecular weight excluding hydrogens is 276 g/mol. The first-order valence-electron chi connectivity index (χ1n) is 5.95. The van der Waals surface area contributed by atoms with E-state index in [-0.39, 0.29) is 4.90 Å². The Balaban J connectivity index is 2.24. The number of anilines is 1. The molecule has 0 aliphatic carbocycles. The van der Waals surface area contributed by atoms with Gasteiger partial charge >= 0.3 is 0 Å². The van der Waals surface area contributed by atoms with E-state index in [0.29, 0.717) is 11.3 Å². The largest absolute Gasteiger partial charge is 0.399 e. The first-order valence-corrected chi connectivity index (χ1v) is 7.60. The second-order valence-electron chi connectivity index (χ2n) is 4.51. The number of nitrogens with zero attached hydrogens (tertiary/aromatic N) is 1. The topological polar surface area (TPSA) is 81.1 Å².